The molecule has 1 spiro atoms. The van der Waals surface area contributed by atoms with E-state index in [1.54, 1.807) is 12.0 Å². The van der Waals surface area contributed by atoms with Crippen LogP contribution in [0.2, 0.25) is 0 Å². The topological polar surface area (TPSA) is 86.3 Å². The number of fused-ring (bicyclic) bond motifs is 2. The molecule has 0 aliphatic carbocycles. The van der Waals surface area contributed by atoms with E-state index in [-0.39, 0.29) is 24.7 Å². The Balaban J connectivity index is 1.12. The van der Waals surface area contributed by atoms with Gasteiger partial charge in [0.1, 0.15) is 11.4 Å². The second-order valence-electron chi connectivity index (χ2n) is 9.17. The summed E-state index contributed by atoms with van der Waals surface area (Å²) in [4.78, 5) is 28.4. The summed E-state index contributed by atoms with van der Waals surface area (Å²) >= 11 is 0. The van der Waals surface area contributed by atoms with E-state index in [4.69, 9.17) is 18.9 Å². The number of carbonyl (C=O) groups is 2. The first kappa shape index (κ1) is 21.0. The summed E-state index contributed by atoms with van der Waals surface area (Å²) in [6.07, 6.45) is 4.24. The summed E-state index contributed by atoms with van der Waals surface area (Å²) in [5, 5.41) is 3.02. The van der Waals surface area contributed by atoms with Crippen molar-refractivity contribution in [3.63, 3.8) is 0 Å². The predicted octanol–water partition coefficient (Wildman–Crippen LogP) is 2.06. The maximum Gasteiger partial charge on any atom is 0.231 e. The van der Waals surface area contributed by atoms with Crippen molar-refractivity contribution >= 4 is 11.8 Å². The molecule has 2 saturated heterocycles. The Kier molecular flexibility index (Phi) is 4.99. The van der Waals surface area contributed by atoms with Crippen molar-refractivity contribution in [1.82, 2.24) is 10.2 Å². The van der Waals surface area contributed by atoms with Crippen molar-refractivity contribution in [1.29, 1.82) is 0 Å². The molecule has 8 nitrogen and oxygen atoms in total. The number of carbonyl (C=O) groups excluding carboxylic acids is 2. The van der Waals surface area contributed by atoms with E-state index >= 15 is 0 Å². The van der Waals surface area contributed by atoms with Gasteiger partial charge in [-0.25, -0.2) is 0 Å². The SMILES string of the molecule is COc1ccc(CCNC(=O)C2[C@H]3C=C[C@@]4(CN(Cc5ccc6c(c5)OCO6)C(=O)[C@@H]24)O3)cc1. The van der Waals surface area contributed by atoms with Gasteiger partial charge < -0.3 is 29.2 Å². The Morgan fingerprint density at radius 1 is 1.15 bits per heavy atom. The van der Waals surface area contributed by atoms with Crippen molar-refractivity contribution in [2.45, 2.75) is 24.7 Å². The maximum absolute atomic E-state index is 13.4. The van der Waals surface area contributed by atoms with E-state index in [0.717, 1.165) is 16.9 Å². The van der Waals surface area contributed by atoms with Gasteiger partial charge in [0, 0.05) is 13.1 Å². The van der Waals surface area contributed by atoms with Gasteiger partial charge in [0.15, 0.2) is 11.5 Å². The lowest BCUT2D eigenvalue weighted by atomic mass is 9.77. The van der Waals surface area contributed by atoms with Crippen LogP contribution in [0, 0.1) is 11.8 Å². The number of nitrogens with one attached hydrogen (secondary N) is 1. The zero-order valence-electron chi connectivity index (χ0n) is 18.9. The average molecular weight is 463 g/mol. The average Bonchev–Trinajstić information content (AvgIpc) is 3.61. The van der Waals surface area contributed by atoms with Gasteiger partial charge in [-0.15, -0.1) is 0 Å². The fraction of sp³-hybridized carbons (Fsp3) is 0.385. The van der Waals surface area contributed by atoms with E-state index in [2.05, 4.69) is 5.32 Å². The molecular weight excluding hydrogens is 436 g/mol. The highest BCUT2D eigenvalue weighted by atomic mass is 16.7. The normalized spacial score (nSPS) is 27.9. The number of ether oxygens (including phenoxy) is 4. The van der Waals surface area contributed by atoms with Crippen molar-refractivity contribution in [3.05, 3.63) is 65.7 Å². The Morgan fingerprint density at radius 3 is 2.76 bits per heavy atom. The van der Waals surface area contributed by atoms with Gasteiger partial charge >= 0.3 is 0 Å². The van der Waals surface area contributed by atoms with Crippen LogP contribution in [-0.2, 0) is 27.3 Å². The summed E-state index contributed by atoms with van der Waals surface area (Å²) in [7, 11) is 1.63. The zero-order chi connectivity index (χ0) is 23.3. The van der Waals surface area contributed by atoms with E-state index in [1.807, 2.05) is 54.6 Å². The van der Waals surface area contributed by atoms with Gasteiger partial charge in [-0.2, -0.15) is 0 Å². The van der Waals surface area contributed by atoms with E-state index in [1.165, 1.54) is 0 Å². The van der Waals surface area contributed by atoms with Gasteiger partial charge in [-0.05, 0) is 41.8 Å². The van der Waals surface area contributed by atoms with E-state index in [9.17, 15) is 9.59 Å². The molecule has 0 radical (unpaired) electrons. The van der Waals surface area contributed by atoms with Crippen LogP contribution in [-0.4, -0.2) is 55.4 Å². The number of hydrogen-bond acceptors (Lipinski definition) is 6. The molecule has 4 aliphatic rings. The number of rotatable bonds is 7. The molecule has 0 aromatic heterocycles. The van der Waals surface area contributed by atoms with Crippen LogP contribution in [0.3, 0.4) is 0 Å². The largest absolute Gasteiger partial charge is 0.497 e. The fourth-order valence-electron chi connectivity index (χ4n) is 5.51. The quantitative estimate of drug-likeness (QED) is 0.634. The summed E-state index contributed by atoms with van der Waals surface area (Å²) < 4.78 is 22.2. The third-order valence-corrected chi connectivity index (χ3v) is 7.16. The highest BCUT2D eigenvalue weighted by Crippen LogP contribution is 2.52. The van der Waals surface area contributed by atoms with E-state index < -0.39 is 17.4 Å². The molecule has 1 unspecified atom stereocenters. The Labute approximate surface area is 197 Å². The summed E-state index contributed by atoms with van der Waals surface area (Å²) in [5.74, 6) is 1.01. The molecule has 6 rings (SSSR count). The minimum absolute atomic E-state index is 0.0418. The summed E-state index contributed by atoms with van der Waals surface area (Å²) in [6.45, 7) is 1.57. The molecule has 2 aromatic carbocycles. The van der Waals surface area contributed by atoms with Gasteiger partial charge in [-0.1, -0.05) is 30.4 Å². The molecule has 0 saturated carbocycles. The smallest absolute Gasteiger partial charge is 0.231 e. The van der Waals surface area contributed by atoms with E-state index in [0.29, 0.717) is 37.6 Å². The first-order valence-electron chi connectivity index (χ1n) is 11.5. The molecule has 4 heterocycles. The van der Waals surface area contributed by atoms with Gasteiger partial charge in [0.25, 0.3) is 0 Å². The molecule has 4 aliphatic heterocycles. The first-order chi connectivity index (χ1) is 16.6. The second kappa shape index (κ2) is 8.06. The van der Waals surface area contributed by atoms with Crippen molar-refractivity contribution in [2.24, 2.45) is 11.8 Å². The van der Waals surface area contributed by atoms with Gasteiger partial charge in [-0.3, -0.25) is 9.59 Å². The number of methoxy groups -OCH3 is 1. The van der Waals surface area contributed by atoms with Crippen molar-refractivity contribution < 1.29 is 28.5 Å². The van der Waals surface area contributed by atoms with Crippen molar-refractivity contribution in [3.8, 4) is 17.2 Å². The van der Waals surface area contributed by atoms with Crippen molar-refractivity contribution in [2.75, 3.05) is 27.0 Å². The number of nitrogens with zero attached hydrogens (tertiary/aromatic N) is 1. The molecule has 2 amide bonds. The van der Waals surface area contributed by atoms with Crippen LogP contribution in [0.5, 0.6) is 17.2 Å². The number of amides is 2. The Morgan fingerprint density at radius 2 is 1.94 bits per heavy atom. The maximum atomic E-state index is 13.4. The van der Waals surface area contributed by atoms with Crippen LogP contribution >= 0.6 is 0 Å². The molecule has 8 heteroatoms. The first-order valence-corrected chi connectivity index (χ1v) is 11.5. The molecule has 2 aromatic rings. The Hall–Kier alpha value is -3.52. The lowest BCUT2D eigenvalue weighted by Crippen LogP contribution is -2.44. The lowest BCUT2D eigenvalue weighted by molar-refractivity contribution is -0.137. The Bertz CT molecular complexity index is 1160. The van der Waals surface area contributed by atoms with Crippen LogP contribution in [0.15, 0.2) is 54.6 Å². The predicted molar refractivity (Wildman–Crippen MR) is 121 cm³/mol. The van der Waals surface area contributed by atoms with Crippen LogP contribution in [0.1, 0.15) is 11.1 Å². The number of likely N-dealkylation sites (tertiary alicyclic amines) is 1. The molecule has 4 atom stereocenters. The standard InChI is InChI=1S/C26H26N2O6/c1-31-18-5-2-16(3-6-18)9-11-27-24(29)22-20-8-10-26(34-20)14-28(25(30)23(22)26)13-17-4-7-19-21(12-17)33-15-32-19/h2-8,10,12,20,22-23H,9,11,13-15H2,1H3,(H,27,29)/t20-,22?,23-,26+/m1/s1. The van der Waals surface area contributed by atoms with Crippen LogP contribution in [0.4, 0.5) is 0 Å². The minimum Gasteiger partial charge on any atom is -0.497 e. The second-order valence-corrected chi connectivity index (χ2v) is 9.17. The lowest BCUT2D eigenvalue weighted by Gasteiger charge is -2.23. The molecule has 2 bridgehead atoms. The van der Waals surface area contributed by atoms with Crippen LogP contribution < -0.4 is 19.5 Å². The molecule has 2 fully saturated rings. The third-order valence-electron chi connectivity index (χ3n) is 7.16. The minimum atomic E-state index is -0.726. The molecular formula is C26H26N2O6. The molecule has 176 valence electrons. The molecule has 1 N–H and O–H groups in total. The molecule has 34 heavy (non-hydrogen) atoms. The zero-order valence-corrected chi connectivity index (χ0v) is 18.9. The number of benzene rings is 2. The highest BCUT2D eigenvalue weighted by molar-refractivity contribution is 5.93. The van der Waals surface area contributed by atoms with Gasteiger partial charge in [0.05, 0.1) is 31.6 Å². The van der Waals surface area contributed by atoms with Crippen LogP contribution in [0.25, 0.3) is 0 Å². The fourth-order valence-corrected chi connectivity index (χ4v) is 5.51. The highest BCUT2D eigenvalue weighted by Gasteiger charge is 2.66. The monoisotopic (exact) mass is 462 g/mol. The summed E-state index contributed by atoms with van der Waals surface area (Å²) in [6, 6.07) is 13.5. The van der Waals surface area contributed by atoms with Gasteiger partial charge in [0.2, 0.25) is 18.6 Å². The summed E-state index contributed by atoms with van der Waals surface area (Å²) in [5.41, 5.74) is 1.33. The number of hydrogen-bond donors (Lipinski definition) is 1. The third kappa shape index (κ3) is 3.40.